The summed E-state index contributed by atoms with van der Waals surface area (Å²) in [5.41, 5.74) is -0.333. The van der Waals surface area contributed by atoms with Crippen LogP contribution in [-0.2, 0) is 6.18 Å². The maximum Gasteiger partial charge on any atom is 0.419 e. The minimum atomic E-state index is -4.45. The van der Waals surface area contributed by atoms with E-state index in [4.69, 9.17) is 9.15 Å². The maximum atomic E-state index is 13.0. The minimum Gasteiger partial charge on any atom is -0.486 e. The Morgan fingerprint density at radius 3 is 2.50 bits per heavy atom. The predicted molar refractivity (Wildman–Crippen MR) is 83.4 cm³/mol. The largest absolute Gasteiger partial charge is 0.486 e. The molecule has 26 heavy (non-hydrogen) atoms. The zero-order valence-electron chi connectivity index (χ0n) is 13.2. The molecule has 0 atom stereocenters. The van der Waals surface area contributed by atoms with E-state index in [1.807, 2.05) is 4.90 Å². The highest BCUT2D eigenvalue weighted by molar-refractivity contribution is 5.50. The Balaban J connectivity index is 1.39. The Labute approximate surface area is 145 Å². The molecule has 0 spiro atoms. The summed E-state index contributed by atoms with van der Waals surface area (Å²) in [5.74, 6) is 0.692. The van der Waals surface area contributed by atoms with Crippen LogP contribution in [0.25, 0.3) is 11.6 Å². The summed E-state index contributed by atoms with van der Waals surface area (Å²) in [6, 6.07) is 8.60. The average Bonchev–Trinajstić information content (AvgIpc) is 3.12. The lowest BCUT2D eigenvalue weighted by Gasteiger charge is -2.39. The normalized spacial score (nSPS) is 15.0. The van der Waals surface area contributed by atoms with E-state index >= 15 is 0 Å². The van der Waals surface area contributed by atoms with E-state index in [1.54, 1.807) is 12.1 Å². The van der Waals surface area contributed by atoms with Gasteiger partial charge in [0.1, 0.15) is 17.5 Å². The van der Waals surface area contributed by atoms with Crippen LogP contribution in [0.3, 0.4) is 0 Å². The summed E-state index contributed by atoms with van der Waals surface area (Å²) < 4.78 is 49.5. The number of nitrogens with zero attached hydrogens (tertiary/aromatic N) is 5. The molecule has 0 aliphatic carbocycles. The van der Waals surface area contributed by atoms with Gasteiger partial charge in [-0.15, -0.1) is 20.4 Å². The van der Waals surface area contributed by atoms with E-state index in [0.717, 1.165) is 6.07 Å². The van der Waals surface area contributed by atoms with Crippen LogP contribution >= 0.6 is 0 Å². The molecule has 1 aliphatic rings. The topological polar surface area (TPSA) is 77.2 Å². The van der Waals surface area contributed by atoms with Crippen LogP contribution in [0, 0.1) is 0 Å². The zero-order chi connectivity index (χ0) is 18.1. The molecular weight excluding hydrogens is 351 g/mol. The van der Waals surface area contributed by atoms with Crippen molar-refractivity contribution >= 4 is 5.82 Å². The monoisotopic (exact) mass is 363 g/mol. The molecule has 0 unspecified atom stereocenters. The number of benzene rings is 1. The Morgan fingerprint density at radius 2 is 1.85 bits per heavy atom. The van der Waals surface area contributed by atoms with Gasteiger partial charge in [-0.3, -0.25) is 0 Å². The van der Waals surface area contributed by atoms with E-state index < -0.39 is 11.7 Å². The van der Waals surface area contributed by atoms with Crippen molar-refractivity contribution in [3.8, 4) is 17.3 Å². The van der Waals surface area contributed by atoms with Crippen LogP contribution in [0.1, 0.15) is 5.56 Å². The van der Waals surface area contributed by atoms with Crippen LogP contribution in [0.15, 0.2) is 47.2 Å². The second-order valence-electron chi connectivity index (χ2n) is 5.66. The molecule has 0 bridgehead atoms. The summed E-state index contributed by atoms with van der Waals surface area (Å²) in [6.45, 7) is 0.835. The summed E-state index contributed by atoms with van der Waals surface area (Å²) >= 11 is 0. The van der Waals surface area contributed by atoms with Gasteiger partial charge in [-0.05, 0) is 24.3 Å². The van der Waals surface area contributed by atoms with Crippen LogP contribution in [-0.4, -0.2) is 39.6 Å². The van der Waals surface area contributed by atoms with Gasteiger partial charge in [-0.25, -0.2) is 0 Å². The highest BCUT2D eigenvalue weighted by Gasteiger charge is 2.36. The van der Waals surface area contributed by atoms with Crippen LogP contribution in [0.5, 0.6) is 5.75 Å². The highest BCUT2D eigenvalue weighted by Crippen LogP contribution is 2.37. The maximum absolute atomic E-state index is 13.0. The molecule has 0 radical (unpaired) electrons. The van der Waals surface area contributed by atoms with Crippen molar-refractivity contribution in [2.75, 3.05) is 18.0 Å². The van der Waals surface area contributed by atoms with E-state index in [0.29, 0.717) is 24.6 Å². The second-order valence-corrected chi connectivity index (χ2v) is 5.66. The van der Waals surface area contributed by atoms with E-state index in [2.05, 4.69) is 20.4 Å². The first-order valence-corrected chi connectivity index (χ1v) is 7.69. The van der Waals surface area contributed by atoms with E-state index in [1.165, 1.54) is 24.6 Å². The number of alkyl halides is 3. The highest BCUT2D eigenvalue weighted by atomic mass is 19.4. The lowest BCUT2D eigenvalue weighted by Crippen LogP contribution is -2.54. The van der Waals surface area contributed by atoms with Gasteiger partial charge in [0.25, 0.3) is 5.89 Å². The molecule has 1 fully saturated rings. The third-order valence-electron chi connectivity index (χ3n) is 3.89. The summed E-state index contributed by atoms with van der Waals surface area (Å²) in [4.78, 5) is 1.85. The van der Waals surface area contributed by atoms with Crippen molar-refractivity contribution < 1.29 is 22.3 Å². The molecule has 7 nitrogen and oxygen atoms in total. The van der Waals surface area contributed by atoms with Gasteiger partial charge >= 0.3 is 6.18 Å². The standard InChI is InChI=1S/C16H12F3N5O2/c17-16(18,19)11-3-1-2-4-13(11)26-10-7-24(8-10)14-6-5-12(21-22-14)15-23-20-9-25-15/h1-6,9-10H,7-8H2. The third-order valence-corrected chi connectivity index (χ3v) is 3.89. The molecule has 10 heteroatoms. The van der Waals surface area contributed by atoms with E-state index in [-0.39, 0.29) is 17.7 Å². The van der Waals surface area contributed by atoms with Crippen molar-refractivity contribution in [1.82, 2.24) is 20.4 Å². The minimum absolute atomic E-state index is 0.164. The molecule has 1 saturated heterocycles. The zero-order valence-corrected chi connectivity index (χ0v) is 13.2. The van der Waals surface area contributed by atoms with Crippen molar-refractivity contribution in [1.29, 1.82) is 0 Å². The molecule has 1 aliphatic heterocycles. The predicted octanol–water partition coefficient (Wildman–Crippen LogP) is 2.81. The Kier molecular flexibility index (Phi) is 3.94. The van der Waals surface area contributed by atoms with Crippen LogP contribution in [0.2, 0.25) is 0 Å². The van der Waals surface area contributed by atoms with Crippen molar-refractivity contribution in [3.05, 3.63) is 48.4 Å². The summed E-state index contributed by atoms with van der Waals surface area (Å²) in [7, 11) is 0. The van der Waals surface area contributed by atoms with Gasteiger partial charge in [0.05, 0.1) is 18.7 Å². The lowest BCUT2D eigenvalue weighted by molar-refractivity contribution is -0.139. The fourth-order valence-electron chi connectivity index (χ4n) is 2.58. The first-order chi connectivity index (χ1) is 12.5. The number of para-hydroxylation sites is 1. The SMILES string of the molecule is FC(F)(F)c1ccccc1OC1CN(c2ccc(-c3nnco3)nn2)C1. The van der Waals surface area contributed by atoms with Crippen molar-refractivity contribution in [2.45, 2.75) is 12.3 Å². The fraction of sp³-hybridized carbons (Fsp3) is 0.250. The molecule has 2 aromatic heterocycles. The molecule has 0 N–H and O–H groups in total. The van der Waals surface area contributed by atoms with E-state index in [9.17, 15) is 13.2 Å². The first kappa shape index (κ1) is 16.3. The Hall–Kier alpha value is -3.17. The number of ether oxygens (including phenoxy) is 1. The van der Waals surface area contributed by atoms with Gasteiger partial charge < -0.3 is 14.1 Å². The first-order valence-electron chi connectivity index (χ1n) is 7.69. The number of hydrogen-bond donors (Lipinski definition) is 0. The van der Waals surface area contributed by atoms with Crippen molar-refractivity contribution in [3.63, 3.8) is 0 Å². The summed E-state index contributed by atoms with van der Waals surface area (Å²) in [5, 5.41) is 15.4. The Morgan fingerprint density at radius 1 is 1.04 bits per heavy atom. The molecule has 3 aromatic rings. The third kappa shape index (κ3) is 3.17. The number of anilines is 1. The smallest absolute Gasteiger partial charge is 0.419 e. The second kappa shape index (κ2) is 6.28. The van der Waals surface area contributed by atoms with Gasteiger partial charge in [0.2, 0.25) is 6.39 Å². The van der Waals surface area contributed by atoms with Gasteiger partial charge in [-0.2, -0.15) is 13.2 Å². The number of hydrogen-bond acceptors (Lipinski definition) is 7. The van der Waals surface area contributed by atoms with Crippen LogP contribution in [0.4, 0.5) is 19.0 Å². The van der Waals surface area contributed by atoms with Crippen molar-refractivity contribution in [2.24, 2.45) is 0 Å². The number of rotatable bonds is 4. The molecule has 0 amide bonds. The van der Waals surface area contributed by atoms with Crippen LogP contribution < -0.4 is 9.64 Å². The molecule has 1 aromatic carbocycles. The lowest BCUT2D eigenvalue weighted by atomic mass is 10.1. The fourth-order valence-corrected chi connectivity index (χ4v) is 2.58. The molecule has 0 saturated carbocycles. The van der Waals surface area contributed by atoms with Gasteiger partial charge in [0, 0.05) is 0 Å². The molecule has 4 rings (SSSR count). The Bertz CT molecular complexity index is 878. The molecular formula is C16H12F3N5O2. The molecule has 134 valence electrons. The quantitative estimate of drug-likeness (QED) is 0.705. The average molecular weight is 363 g/mol. The number of aromatic nitrogens is 4. The van der Waals surface area contributed by atoms with Gasteiger partial charge in [-0.1, -0.05) is 12.1 Å². The summed E-state index contributed by atoms with van der Waals surface area (Å²) in [6.07, 6.45) is -3.60. The van der Waals surface area contributed by atoms with Gasteiger partial charge in [0.15, 0.2) is 5.82 Å². The number of halogens is 3. The molecule has 3 heterocycles.